The van der Waals surface area contributed by atoms with Gasteiger partial charge in [-0.25, -0.2) is 4.98 Å². The molecule has 4 nitrogen and oxygen atoms in total. The van der Waals surface area contributed by atoms with E-state index in [1.807, 2.05) is 60.0 Å². The predicted octanol–water partition coefficient (Wildman–Crippen LogP) is 4.42. The number of pyridine rings is 1. The summed E-state index contributed by atoms with van der Waals surface area (Å²) in [5.41, 5.74) is 3.62. The summed E-state index contributed by atoms with van der Waals surface area (Å²) in [4.78, 5) is 4.71. The average molecular weight is 305 g/mol. The molecule has 0 spiro atoms. The van der Waals surface area contributed by atoms with E-state index in [-0.39, 0.29) is 5.92 Å². The number of aromatic nitrogens is 2. The fourth-order valence-electron chi connectivity index (χ4n) is 2.63. The molecule has 3 rings (SSSR count). The molecule has 2 heterocycles. The zero-order valence-electron chi connectivity index (χ0n) is 13.4. The fraction of sp³-hybridized carbons (Fsp3) is 0.263. The summed E-state index contributed by atoms with van der Waals surface area (Å²) < 4.78 is 7.62. The van der Waals surface area contributed by atoms with Crippen molar-refractivity contribution in [1.29, 1.82) is 5.26 Å². The molecule has 0 saturated heterocycles. The number of imidazole rings is 1. The first-order chi connectivity index (χ1) is 11.2. The van der Waals surface area contributed by atoms with Gasteiger partial charge in [0.25, 0.3) is 0 Å². The second-order valence-corrected chi connectivity index (χ2v) is 5.50. The van der Waals surface area contributed by atoms with Gasteiger partial charge in [-0.3, -0.25) is 0 Å². The Balaban J connectivity index is 2.07. The topological polar surface area (TPSA) is 50.3 Å². The van der Waals surface area contributed by atoms with Crippen molar-refractivity contribution >= 4 is 5.65 Å². The van der Waals surface area contributed by atoms with Gasteiger partial charge < -0.3 is 9.14 Å². The first-order valence-electron chi connectivity index (χ1n) is 7.84. The summed E-state index contributed by atoms with van der Waals surface area (Å²) in [5, 5.41) is 9.37. The van der Waals surface area contributed by atoms with Crippen LogP contribution in [0, 0.1) is 11.3 Å². The third-order valence-electron chi connectivity index (χ3n) is 3.77. The molecular weight excluding hydrogens is 286 g/mol. The third-order valence-corrected chi connectivity index (χ3v) is 3.77. The molecule has 1 atom stereocenters. The summed E-state index contributed by atoms with van der Waals surface area (Å²) in [6.07, 6.45) is 2.94. The van der Waals surface area contributed by atoms with E-state index in [0.717, 1.165) is 34.8 Å². The number of fused-ring (bicyclic) bond motifs is 1. The van der Waals surface area contributed by atoms with E-state index < -0.39 is 0 Å². The van der Waals surface area contributed by atoms with Crippen LogP contribution in [0.5, 0.6) is 5.75 Å². The van der Waals surface area contributed by atoms with Crippen LogP contribution in [0.15, 0.2) is 48.7 Å². The number of ether oxygens (including phenoxy) is 1. The molecule has 0 bridgehead atoms. The largest absolute Gasteiger partial charge is 0.494 e. The van der Waals surface area contributed by atoms with Crippen LogP contribution in [-0.4, -0.2) is 16.0 Å². The predicted molar refractivity (Wildman–Crippen MR) is 90.4 cm³/mol. The fourth-order valence-corrected chi connectivity index (χ4v) is 2.63. The van der Waals surface area contributed by atoms with Gasteiger partial charge in [0.15, 0.2) is 0 Å². The normalized spacial score (nSPS) is 12.0. The minimum absolute atomic E-state index is 0.238. The van der Waals surface area contributed by atoms with Crippen LogP contribution in [0.3, 0.4) is 0 Å². The molecule has 0 N–H and O–H groups in total. The second kappa shape index (κ2) is 6.53. The van der Waals surface area contributed by atoms with Crippen molar-refractivity contribution in [3.05, 3.63) is 54.4 Å². The molecule has 3 aromatic rings. The molecule has 1 unspecified atom stereocenters. The lowest BCUT2D eigenvalue weighted by atomic mass is 10.0. The van der Waals surface area contributed by atoms with Crippen molar-refractivity contribution in [2.75, 3.05) is 6.61 Å². The molecule has 0 amide bonds. The zero-order chi connectivity index (χ0) is 16.2. The molecule has 0 saturated carbocycles. The van der Waals surface area contributed by atoms with Crippen LogP contribution in [0.1, 0.15) is 31.9 Å². The van der Waals surface area contributed by atoms with Crippen molar-refractivity contribution in [2.45, 2.75) is 26.2 Å². The summed E-state index contributed by atoms with van der Waals surface area (Å²) >= 11 is 0. The van der Waals surface area contributed by atoms with Crippen LogP contribution in [-0.2, 0) is 0 Å². The van der Waals surface area contributed by atoms with Crippen LogP contribution < -0.4 is 4.74 Å². The van der Waals surface area contributed by atoms with Crippen LogP contribution in [0.2, 0.25) is 0 Å². The molecule has 0 fully saturated rings. The minimum Gasteiger partial charge on any atom is -0.494 e. The standard InChI is InChI=1S/C19H19N3O/c1-3-12-23-16-9-7-15(8-10-16)18-19(14(2)13-20)22-11-5-4-6-17(22)21-18/h4-11,14H,3,12H2,1-2H3. The highest BCUT2D eigenvalue weighted by atomic mass is 16.5. The van der Waals surface area contributed by atoms with E-state index in [1.54, 1.807) is 0 Å². The number of hydrogen-bond acceptors (Lipinski definition) is 3. The van der Waals surface area contributed by atoms with Crippen molar-refractivity contribution in [2.24, 2.45) is 0 Å². The number of hydrogen-bond donors (Lipinski definition) is 0. The Morgan fingerprint density at radius 3 is 2.70 bits per heavy atom. The molecule has 4 heteroatoms. The van der Waals surface area contributed by atoms with Gasteiger partial charge in [0.1, 0.15) is 11.4 Å². The van der Waals surface area contributed by atoms with E-state index >= 15 is 0 Å². The Kier molecular flexibility index (Phi) is 4.29. The number of rotatable bonds is 5. The molecule has 0 aliphatic heterocycles. The van der Waals surface area contributed by atoms with Gasteiger partial charge in [0.2, 0.25) is 0 Å². The molecule has 1 aromatic carbocycles. The zero-order valence-corrected chi connectivity index (χ0v) is 13.4. The molecule has 2 aromatic heterocycles. The minimum atomic E-state index is -0.238. The van der Waals surface area contributed by atoms with Gasteiger partial charge in [-0.15, -0.1) is 0 Å². The van der Waals surface area contributed by atoms with Gasteiger partial charge in [0.05, 0.1) is 30.0 Å². The van der Waals surface area contributed by atoms with E-state index in [1.165, 1.54) is 0 Å². The third kappa shape index (κ3) is 2.91. The van der Waals surface area contributed by atoms with E-state index in [0.29, 0.717) is 6.61 Å². The van der Waals surface area contributed by atoms with Gasteiger partial charge in [-0.05, 0) is 49.7 Å². The van der Waals surface area contributed by atoms with Gasteiger partial charge in [-0.1, -0.05) is 13.0 Å². The summed E-state index contributed by atoms with van der Waals surface area (Å²) in [6.45, 7) is 4.70. The highest BCUT2D eigenvalue weighted by Gasteiger charge is 2.18. The molecule has 23 heavy (non-hydrogen) atoms. The van der Waals surface area contributed by atoms with Crippen molar-refractivity contribution in [3.8, 4) is 23.1 Å². The Hall–Kier alpha value is -2.80. The number of benzene rings is 1. The molecule has 0 aliphatic rings. The van der Waals surface area contributed by atoms with E-state index in [9.17, 15) is 5.26 Å². The highest BCUT2D eigenvalue weighted by Crippen LogP contribution is 2.30. The first kappa shape index (κ1) is 15.1. The highest BCUT2D eigenvalue weighted by molar-refractivity contribution is 5.68. The second-order valence-electron chi connectivity index (χ2n) is 5.50. The quantitative estimate of drug-likeness (QED) is 0.701. The van der Waals surface area contributed by atoms with Gasteiger partial charge in [0, 0.05) is 11.8 Å². The summed E-state index contributed by atoms with van der Waals surface area (Å²) in [5.74, 6) is 0.618. The Bertz CT molecular complexity index is 843. The van der Waals surface area contributed by atoms with Gasteiger partial charge in [-0.2, -0.15) is 5.26 Å². The van der Waals surface area contributed by atoms with Crippen LogP contribution >= 0.6 is 0 Å². The lowest BCUT2D eigenvalue weighted by Gasteiger charge is -2.08. The van der Waals surface area contributed by atoms with Gasteiger partial charge >= 0.3 is 0 Å². The molecular formula is C19H19N3O. The lowest BCUT2D eigenvalue weighted by Crippen LogP contribution is -1.98. The average Bonchev–Trinajstić information content (AvgIpc) is 2.99. The Morgan fingerprint density at radius 1 is 1.22 bits per heavy atom. The molecule has 0 radical (unpaired) electrons. The SMILES string of the molecule is CCCOc1ccc(-c2nc3ccccn3c2C(C)C#N)cc1. The molecule has 0 aliphatic carbocycles. The van der Waals surface area contributed by atoms with Crippen LogP contribution in [0.25, 0.3) is 16.9 Å². The number of nitriles is 1. The van der Waals surface area contributed by atoms with Crippen molar-refractivity contribution in [3.63, 3.8) is 0 Å². The maximum atomic E-state index is 9.37. The number of nitrogens with zero attached hydrogens (tertiary/aromatic N) is 3. The summed E-state index contributed by atoms with van der Waals surface area (Å²) in [6, 6.07) is 16.1. The van der Waals surface area contributed by atoms with Crippen molar-refractivity contribution in [1.82, 2.24) is 9.38 Å². The first-order valence-corrected chi connectivity index (χ1v) is 7.84. The Morgan fingerprint density at radius 2 is 2.00 bits per heavy atom. The van der Waals surface area contributed by atoms with E-state index in [4.69, 9.17) is 9.72 Å². The van der Waals surface area contributed by atoms with E-state index in [2.05, 4.69) is 13.0 Å². The van der Waals surface area contributed by atoms with Crippen molar-refractivity contribution < 1.29 is 4.74 Å². The molecule has 116 valence electrons. The smallest absolute Gasteiger partial charge is 0.137 e. The Labute approximate surface area is 136 Å². The maximum Gasteiger partial charge on any atom is 0.137 e. The summed E-state index contributed by atoms with van der Waals surface area (Å²) in [7, 11) is 0. The monoisotopic (exact) mass is 305 g/mol. The van der Waals surface area contributed by atoms with Crippen LogP contribution in [0.4, 0.5) is 0 Å². The lowest BCUT2D eigenvalue weighted by molar-refractivity contribution is 0.317. The maximum absolute atomic E-state index is 9.37.